The fourth-order valence-corrected chi connectivity index (χ4v) is 7.55. The van der Waals surface area contributed by atoms with E-state index in [0.717, 1.165) is 43.5 Å². The standard InChI is InChI=1S/C19H29FN4O4S2/c20-16-5-4-14-6-9-23-13-15-3-1-8-24(18(15)12-19(23)17(14)11-16)29(25,26)10-2-7-22-30(21,27)28/h4-5,11,15,18-19,22H,1-3,6-10,12-13H2,(H2,21,27,28)/t15-,18+,19-/m0/s1. The van der Waals surface area contributed by atoms with Gasteiger partial charge in [0.1, 0.15) is 5.82 Å². The van der Waals surface area contributed by atoms with Crippen molar-refractivity contribution < 1.29 is 21.2 Å². The predicted molar refractivity (Wildman–Crippen MR) is 112 cm³/mol. The van der Waals surface area contributed by atoms with Gasteiger partial charge in [0.15, 0.2) is 0 Å². The van der Waals surface area contributed by atoms with E-state index in [9.17, 15) is 21.2 Å². The molecule has 0 aliphatic carbocycles. The third-order valence-corrected chi connectivity index (χ3v) is 9.20. The van der Waals surface area contributed by atoms with Crippen LogP contribution in [-0.4, -0.2) is 64.0 Å². The zero-order valence-corrected chi connectivity index (χ0v) is 18.5. The van der Waals surface area contributed by atoms with Gasteiger partial charge in [-0.1, -0.05) is 6.07 Å². The molecule has 0 spiro atoms. The van der Waals surface area contributed by atoms with Gasteiger partial charge in [-0.2, -0.15) is 12.7 Å². The molecule has 1 aromatic rings. The SMILES string of the molecule is NS(=O)(=O)NCCCS(=O)(=O)N1CCC[C@H]2CN3CCc4ccc(F)cc4[C@@H]3C[C@H]21. The number of sulfonamides is 1. The first-order valence-electron chi connectivity index (χ1n) is 10.4. The third-order valence-electron chi connectivity index (χ3n) is 6.62. The number of nitrogens with zero attached hydrogens (tertiary/aromatic N) is 2. The van der Waals surface area contributed by atoms with Crippen LogP contribution >= 0.6 is 0 Å². The van der Waals surface area contributed by atoms with E-state index in [1.54, 1.807) is 10.4 Å². The Morgan fingerprint density at radius 3 is 2.77 bits per heavy atom. The highest BCUT2D eigenvalue weighted by Gasteiger charge is 2.45. The average Bonchev–Trinajstić information content (AvgIpc) is 2.68. The second-order valence-electron chi connectivity index (χ2n) is 8.53. The molecule has 30 heavy (non-hydrogen) atoms. The number of hydrogen-bond donors (Lipinski definition) is 2. The van der Waals surface area contributed by atoms with E-state index in [4.69, 9.17) is 5.14 Å². The van der Waals surface area contributed by atoms with Gasteiger partial charge in [-0.05, 0) is 61.3 Å². The molecule has 168 valence electrons. The number of nitrogens with one attached hydrogen (secondary N) is 1. The number of rotatable bonds is 6. The number of fused-ring (bicyclic) bond motifs is 4. The predicted octanol–water partition coefficient (Wildman–Crippen LogP) is 0.722. The summed E-state index contributed by atoms with van der Waals surface area (Å²) in [5, 5.41) is 4.90. The first-order chi connectivity index (χ1) is 14.1. The highest BCUT2D eigenvalue weighted by atomic mass is 32.2. The first-order valence-corrected chi connectivity index (χ1v) is 13.6. The molecule has 8 nitrogen and oxygen atoms in total. The summed E-state index contributed by atoms with van der Waals surface area (Å²) in [7, 11) is -7.36. The highest BCUT2D eigenvalue weighted by molar-refractivity contribution is 7.89. The molecular weight excluding hydrogens is 431 g/mol. The van der Waals surface area contributed by atoms with E-state index in [-0.39, 0.29) is 42.5 Å². The van der Waals surface area contributed by atoms with Gasteiger partial charge >= 0.3 is 0 Å². The van der Waals surface area contributed by atoms with Gasteiger partial charge in [0.05, 0.1) is 5.75 Å². The van der Waals surface area contributed by atoms with Crippen molar-refractivity contribution in [3.8, 4) is 0 Å². The zero-order chi connectivity index (χ0) is 21.5. The molecule has 4 rings (SSSR count). The molecule has 1 aromatic carbocycles. The fourth-order valence-electron chi connectivity index (χ4n) is 5.30. The minimum atomic E-state index is -3.83. The Morgan fingerprint density at radius 2 is 2.00 bits per heavy atom. The van der Waals surface area contributed by atoms with Crippen LogP contribution in [0.3, 0.4) is 0 Å². The molecule has 0 bridgehead atoms. The van der Waals surface area contributed by atoms with E-state index in [1.165, 1.54) is 6.07 Å². The Kier molecular flexibility index (Phi) is 6.21. The molecule has 0 radical (unpaired) electrons. The van der Waals surface area contributed by atoms with Gasteiger partial charge in [-0.15, -0.1) is 0 Å². The maximum atomic E-state index is 13.9. The van der Waals surface area contributed by atoms with Gasteiger partial charge in [-0.25, -0.2) is 22.7 Å². The van der Waals surface area contributed by atoms with Crippen molar-refractivity contribution in [1.29, 1.82) is 0 Å². The smallest absolute Gasteiger partial charge is 0.274 e. The molecule has 3 N–H and O–H groups in total. The lowest BCUT2D eigenvalue weighted by molar-refractivity contribution is 0.0218. The summed E-state index contributed by atoms with van der Waals surface area (Å²) in [5.74, 6) is -0.117. The Hall–Kier alpha value is -1.11. The molecule has 3 heterocycles. The highest BCUT2D eigenvalue weighted by Crippen LogP contribution is 2.43. The maximum absolute atomic E-state index is 13.9. The molecule has 3 atom stereocenters. The molecule has 0 amide bonds. The molecule has 3 aliphatic rings. The van der Waals surface area contributed by atoms with Crippen LogP contribution in [0.4, 0.5) is 4.39 Å². The van der Waals surface area contributed by atoms with Crippen LogP contribution < -0.4 is 9.86 Å². The minimum absolute atomic E-state index is 0.0109. The van der Waals surface area contributed by atoms with Crippen molar-refractivity contribution in [3.05, 3.63) is 35.1 Å². The molecule has 11 heteroatoms. The van der Waals surface area contributed by atoms with Crippen LogP contribution in [0.15, 0.2) is 18.2 Å². The number of benzene rings is 1. The number of piperidine rings is 2. The summed E-state index contributed by atoms with van der Waals surface area (Å²) >= 11 is 0. The molecule has 3 aliphatic heterocycles. The van der Waals surface area contributed by atoms with Gasteiger partial charge in [0.2, 0.25) is 10.0 Å². The van der Waals surface area contributed by atoms with Crippen molar-refractivity contribution in [2.24, 2.45) is 11.1 Å². The van der Waals surface area contributed by atoms with E-state index in [0.29, 0.717) is 13.0 Å². The van der Waals surface area contributed by atoms with Gasteiger partial charge < -0.3 is 0 Å². The van der Waals surface area contributed by atoms with Crippen LogP contribution in [-0.2, 0) is 26.7 Å². The van der Waals surface area contributed by atoms with Crippen LogP contribution in [0.5, 0.6) is 0 Å². The van der Waals surface area contributed by atoms with E-state index in [1.807, 2.05) is 6.07 Å². The molecular formula is C19H29FN4O4S2. The Morgan fingerprint density at radius 1 is 1.20 bits per heavy atom. The number of nitrogens with two attached hydrogens (primary N) is 1. The summed E-state index contributed by atoms with van der Waals surface area (Å²) in [4.78, 5) is 2.38. The molecule has 0 unspecified atom stereocenters. The third kappa shape index (κ3) is 4.71. The van der Waals surface area contributed by atoms with Crippen LogP contribution in [0.25, 0.3) is 0 Å². The Labute approximate surface area is 177 Å². The largest absolute Gasteiger partial charge is 0.296 e. The monoisotopic (exact) mass is 460 g/mol. The van der Waals surface area contributed by atoms with Crippen molar-refractivity contribution >= 4 is 20.2 Å². The van der Waals surface area contributed by atoms with Crippen molar-refractivity contribution in [2.75, 3.05) is 31.9 Å². The summed E-state index contributed by atoms with van der Waals surface area (Å²) in [6.07, 6.45) is 3.52. The van der Waals surface area contributed by atoms with Gasteiger partial charge in [0.25, 0.3) is 10.2 Å². The first kappa shape index (κ1) is 22.1. The van der Waals surface area contributed by atoms with Crippen LogP contribution in [0.1, 0.15) is 42.9 Å². The van der Waals surface area contributed by atoms with Gasteiger partial charge in [-0.3, -0.25) is 4.90 Å². The average molecular weight is 461 g/mol. The van der Waals surface area contributed by atoms with E-state index in [2.05, 4.69) is 9.62 Å². The zero-order valence-electron chi connectivity index (χ0n) is 16.8. The van der Waals surface area contributed by atoms with E-state index >= 15 is 0 Å². The molecule has 0 saturated carbocycles. The lowest BCUT2D eigenvalue weighted by atomic mass is 9.77. The second kappa shape index (κ2) is 8.44. The summed E-state index contributed by atoms with van der Waals surface area (Å²) in [5.41, 5.74) is 2.13. The Balaban J connectivity index is 1.50. The second-order valence-corrected chi connectivity index (χ2v) is 11.9. The normalized spacial score (nSPS) is 27.9. The summed E-state index contributed by atoms with van der Waals surface area (Å²) in [6, 6.07) is 4.87. The van der Waals surface area contributed by atoms with Crippen molar-refractivity contribution in [2.45, 2.75) is 44.2 Å². The number of halogens is 1. The lowest BCUT2D eigenvalue weighted by Crippen LogP contribution is -2.57. The van der Waals surface area contributed by atoms with Gasteiger partial charge in [0, 0.05) is 38.3 Å². The fraction of sp³-hybridized carbons (Fsp3) is 0.684. The minimum Gasteiger partial charge on any atom is -0.296 e. The summed E-state index contributed by atoms with van der Waals surface area (Å²) in [6.45, 7) is 2.21. The van der Waals surface area contributed by atoms with Crippen molar-refractivity contribution in [1.82, 2.24) is 13.9 Å². The number of hydrogen-bond acceptors (Lipinski definition) is 5. The van der Waals surface area contributed by atoms with Crippen LogP contribution in [0, 0.1) is 11.7 Å². The lowest BCUT2D eigenvalue weighted by Gasteiger charge is -2.51. The molecule has 0 aromatic heterocycles. The Bertz CT molecular complexity index is 1000. The molecule has 2 fully saturated rings. The maximum Gasteiger partial charge on any atom is 0.274 e. The quantitative estimate of drug-likeness (QED) is 0.608. The van der Waals surface area contributed by atoms with Crippen LogP contribution in [0.2, 0.25) is 0 Å². The van der Waals surface area contributed by atoms with Crippen molar-refractivity contribution in [3.63, 3.8) is 0 Å². The molecule has 2 saturated heterocycles. The topological polar surface area (TPSA) is 113 Å². The summed E-state index contributed by atoms with van der Waals surface area (Å²) < 4.78 is 65.8. The van der Waals surface area contributed by atoms with E-state index < -0.39 is 20.2 Å².